The Labute approximate surface area is 255 Å². The van der Waals surface area contributed by atoms with Crippen molar-refractivity contribution in [2.45, 2.75) is 13.8 Å². The number of carbonyl (C=O) groups is 1. The highest BCUT2D eigenvalue weighted by molar-refractivity contribution is 7.85. The minimum Gasteiger partial charge on any atom is -0.494 e. The van der Waals surface area contributed by atoms with Gasteiger partial charge >= 0.3 is 0 Å². The molecular formula is C29H39ClN8O3S. The number of para-hydroxylation sites is 1. The standard InChI is InChI=1S/C29H39ClN8O3S/c1-9-26(39)32-22-16-23(25(41-7)17-24(22)37(6)15-14-36(4)5)34-29-31-18-20(30)28(35-29)33-21-13-11-12-19(3)27(21)38(10-2)42(8)40/h9,11-13,16-18H,1,10,14-15H2,2-8H3,(H,32,39)(H2,31,33,34,35). The number of benzene rings is 2. The van der Waals surface area contributed by atoms with Gasteiger partial charge in [0.1, 0.15) is 21.8 Å². The maximum absolute atomic E-state index is 12.5. The third-order valence-electron chi connectivity index (χ3n) is 6.38. The van der Waals surface area contributed by atoms with Gasteiger partial charge < -0.3 is 30.5 Å². The molecule has 1 unspecified atom stereocenters. The summed E-state index contributed by atoms with van der Waals surface area (Å²) in [7, 11) is 6.29. The first-order valence-corrected chi connectivity index (χ1v) is 15.2. The number of rotatable bonds is 14. The normalized spacial score (nSPS) is 11.5. The minimum absolute atomic E-state index is 0.246. The summed E-state index contributed by atoms with van der Waals surface area (Å²) < 4.78 is 20.0. The van der Waals surface area contributed by atoms with E-state index in [0.29, 0.717) is 40.2 Å². The second-order valence-corrected chi connectivity index (χ2v) is 11.4. The van der Waals surface area contributed by atoms with E-state index in [9.17, 15) is 9.00 Å². The molecule has 1 heterocycles. The third-order valence-corrected chi connectivity index (χ3v) is 7.72. The van der Waals surface area contributed by atoms with Gasteiger partial charge in [-0.1, -0.05) is 30.3 Å². The van der Waals surface area contributed by atoms with Gasteiger partial charge in [-0.2, -0.15) is 4.98 Å². The number of halogens is 1. The van der Waals surface area contributed by atoms with Gasteiger partial charge in [0, 0.05) is 39.0 Å². The van der Waals surface area contributed by atoms with Gasteiger partial charge in [0.2, 0.25) is 11.9 Å². The molecule has 2 aromatic carbocycles. The third kappa shape index (κ3) is 8.11. The van der Waals surface area contributed by atoms with Crippen LogP contribution in [-0.2, 0) is 15.8 Å². The Kier molecular flexibility index (Phi) is 11.5. The fourth-order valence-corrected chi connectivity index (χ4v) is 5.23. The van der Waals surface area contributed by atoms with Crippen LogP contribution in [0.3, 0.4) is 0 Å². The van der Waals surface area contributed by atoms with Crippen LogP contribution in [0.15, 0.2) is 49.2 Å². The van der Waals surface area contributed by atoms with E-state index >= 15 is 0 Å². The van der Waals surface area contributed by atoms with Crippen molar-refractivity contribution >= 4 is 68.7 Å². The molecule has 13 heteroatoms. The lowest BCUT2D eigenvalue weighted by molar-refractivity contribution is -0.111. The molecule has 3 N–H and O–H groups in total. The molecule has 226 valence electrons. The number of anilines is 7. The molecule has 0 aliphatic rings. The summed E-state index contributed by atoms with van der Waals surface area (Å²) >= 11 is 6.50. The topological polar surface area (TPSA) is 115 Å². The van der Waals surface area contributed by atoms with Gasteiger partial charge in [0.15, 0.2) is 5.82 Å². The van der Waals surface area contributed by atoms with Gasteiger partial charge in [-0.05, 0) is 51.7 Å². The summed E-state index contributed by atoms with van der Waals surface area (Å²) in [6.45, 7) is 9.57. The Morgan fingerprint density at radius 2 is 1.88 bits per heavy atom. The number of hydrogen-bond acceptors (Lipinski definition) is 9. The molecule has 0 aliphatic carbocycles. The molecule has 1 aromatic heterocycles. The Bertz CT molecular complexity index is 1450. The highest BCUT2D eigenvalue weighted by Crippen LogP contribution is 2.39. The van der Waals surface area contributed by atoms with Gasteiger partial charge in [-0.15, -0.1) is 0 Å². The Morgan fingerprint density at radius 3 is 2.50 bits per heavy atom. The SMILES string of the molecule is C=CC(=O)Nc1cc(Nc2ncc(Cl)c(Nc3cccc(C)c3N(CC)S(C)=O)n2)c(OC)cc1N(C)CCN(C)C. The van der Waals surface area contributed by atoms with Crippen LogP contribution in [0.1, 0.15) is 12.5 Å². The van der Waals surface area contributed by atoms with E-state index in [0.717, 1.165) is 30.0 Å². The van der Waals surface area contributed by atoms with Crippen LogP contribution in [-0.4, -0.2) is 79.1 Å². The molecule has 3 rings (SSSR count). The van der Waals surface area contributed by atoms with Crippen LogP contribution in [0.2, 0.25) is 5.02 Å². The van der Waals surface area contributed by atoms with Crippen molar-refractivity contribution in [3.63, 3.8) is 0 Å². The molecule has 0 bridgehead atoms. The molecule has 42 heavy (non-hydrogen) atoms. The molecular weight excluding hydrogens is 576 g/mol. The zero-order chi connectivity index (χ0) is 31.0. The first kappa shape index (κ1) is 32.6. The smallest absolute Gasteiger partial charge is 0.247 e. The van der Waals surface area contributed by atoms with Crippen molar-refractivity contribution in [3.8, 4) is 5.75 Å². The molecule has 0 radical (unpaired) electrons. The number of carbonyl (C=O) groups excluding carboxylic acids is 1. The fourth-order valence-electron chi connectivity index (χ4n) is 4.23. The van der Waals surface area contributed by atoms with Crippen LogP contribution in [0.25, 0.3) is 0 Å². The van der Waals surface area contributed by atoms with Crippen LogP contribution >= 0.6 is 11.6 Å². The van der Waals surface area contributed by atoms with E-state index < -0.39 is 11.0 Å². The quantitative estimate of drug-likeness (QED) is 0.211. The van der Waals surface area contributed by atoms with Crippen molar-refractivity contribution in [2.75, 3.05) is 79.3 Å². The first-order valence-electron chi connectivity index (χ1n) is 13.3. The number of aryl methyl sites for hydroxylation is 1. The molecule has 1 amide bonds. The number of ether oxygens (including phenoxy) is 1. The summed E-state index contributed by atoms with van der Waals surface area (Å²) in [5, 5.41) is 9.67. The van der Waals surface area contributed by atoms with Crippen molar-refractivity contribution in [1.29, 1.82) is 0 Å². The minimum atomic E-state index is -1.23. The summed E-state index contributed by atoms with van der Waals surface area (Å²) in [6, 6.07) is 9.35. The lowest BCUT2D eigenvalue weighted by Crippen LogP contribution is -2.29. The second kappa shape index (κ2) is 14.9. The molecule has 0 fully saturated rings. The Hall–Kier alpha value is -3.87. The van der Waals surface area contributed by atoms with E-state index in [1.165, 1.54) is 12.3 Å². The van der Waals surface area contributed by atoms with Crippen LogP contribution in [0, 0.1) is 6.92 Å². The van der Waals surface area contributed by atoms with Gasteiger partial charge in [-0.3, -0.25) is 9.10 Å². The first-order chi connectivity index (χ1) is 20.0. The Balaban J connectivity index is 2.01. The van der Waals surface area contributed by atoms with Gasteiger partial charge in [-0.25, -0.2) is 9.19 Å². The van der Waals surface area contributed by atoms with Crippen molar-refractivity contribution in [1.82, 2.24) is 14.9 Å². The Morgan fingerprint density at radius 1 is 1.14 bits per heavy atom. The predicted octanol–water partition coefficient (Wildman–Crippen LogP) is 5.18. The van der Waals surface area contributed by atoms with Crippen LogP contribution in [0.5, 0.6) is 5.75 Å². The van der Waals surface area contributed by atoms with Gasteiger partial charge in [0.05, 0.1) is 41.7 Å². The number of amides is 1. The fraction of sp³-hybridized carbons (Fsp3) is 0.345. The molecule has 1 atom stereocenters. The second-order valence-electron chi connectivity index (χ2n) is 9.72. The van der Waals surface area contributed by atoms with Crippen molar-refractivity contribution in [2.24, 2.45) is 0 Å². The molecule has 11 nitrogen and oxygen atoms in total. The van der Waals surface area contributed by atoms with E-state index in [4.69, 9.17) is 16.3 Å². The van der Waals surface area contributed by atoms with Crippen LogP contribution < -0.4 is 29.9 Å². The van der Waals surface area contributed by atoms with E-state index in [1.807, 2.05) is 64.2 Å². The number of nitrogens with zero attached hydrogens (tertiary/aromatic N) is 5. The average molecular weight is 615 g/mol. The molecule has 3 aromatic rings. The maximum atomic E-state index is 12.5. The number of nitrogens with one attached hydrogen (secondary N) is 3. The summed E-state index contributed by atoms with van der Waals surface area (Å²) in [4.78, 5) is 25.4. The monoisotopic (exact) mass is 614 g/mol. The number of hydrogen-bond donors (Lipinski definition) is 3. The number of likely N-dealkylation sites (N-methyl/N-ethyl adjacent to an activating group) is 2. The molecule has 0 saturated carbocycles. The van der Waals surface area contributed by atoms with Crippen molar-refractivity contribution in [3.05, 3.63) is 59.8 Å². The lowest BCUT2D eigenvalue weighted by atomic mass is 10.1. The number of methoxy groups -OCH3 is 1. The molecule has 0 spiro atoms. The summed E-state index contributed by atoms with van der Waals surface area (Å²) in [5.74, 6) is 0.788. The zero-order valence-corrected chi connectivity index (χ0v) is 26.7. The zero-order valence-electron chi connectivity index (χ0n) is 25.1. The largest absolute Gasteiger partial charge is 0.494 e. The highest BCUT2D eigenvalue weighted by atomic mass is 35.5. The van der Waals surface area contributed by atoms with E-state index in [1.54, 1.807) is 23.7 Å². The van der Waals surface area contributed by atoms with E-state index in [2.05, 4.69) is 37.4 Å². The summed E-state index contributed by atoms with van der Waals surface area (Å²) in [5.41, 5.74) is 4.32. The number of aromatic nitrogens is 2. The van der Waals surface area contributed by atoms with E-state index in [-0.39, 0.29) is 11.9 Å². The maximum Gasteiger partial charge on any atom is 0.247 e. The van der Waals surface area contributed by atoms with Gasteiger partial charge in [0.25, 0.3) is 0 Å². The predicted molar refractivity (Wildman–Crippen MR) is 176 cm³/mol. The van der Waals surface area contributed by atoms with Crippen LogP contribution in [0.4, 0.5) is 40.2 Å². The highest BCUT2D eigenvalue weighted by Gasteiger charge is 2.19. The molecule has 0 aliphatic heterocycles. The lowest BCUT2D eigenvalue weighted by Gasteiger charge is -2.26. The summed E-state index contributed by atoms with van der Waals surface area (Å²) in [6.07, 6.45) is 4.35. The van der Waals surface area contributed by atoms with Crippen molar-refractivity contribution < 1.29 is 13.7 Å². The molecule has 0 saturated heterocycles. The average Bonchev–Trinajstić information content (AvgIpc) is 2.95.